The number of carbonyl (C=O) groups is 1. The molecule has 0 fully saturated rings. The van der Waals surface area contributed by atoms with Gasteiger partial charge in [-0.05, 0) is 43.1 Å². The van der Waals surface area contributed by atoms with E-state index in [0.29, 0.717) is 28.5 Å². The van der Waals surface area contributed by atoms with Crippen LogP contribution in [0.1, 0.15) is 56.5 Å². The summed E-state index contributed by atoms with van der Waals surface area (Å²) in [6.45, 7) is 8.96. The van der Waals surface area contributed by atoms with Gasteiger partial charge in [0.05, 0.1) is 12.2 Å². The minimum atomic E-state index is -0.483. The average Bonchev–Trinajstić information content (AvgIpc) is 2.83. The Balaban J connectivity index is 2.25. The van der Waals surface area contributed by atoms with Crippen molar-refractivity contribution in [1.82, 2.24) is 0 Å². The van der Waals surface area contributed by atoms with Crippen LogP contribution in [0.4, 0.5) is 9.80 Å². The van der Waals surface area contributed by atoms with Gasteiger partial charge in [-0.25, -0.2) is 4.79 Å². The van der Waals surface area contributed by atoms with Crippen molar-refractivity contribution in [3.63, 3.8) is 0 Å². The Hall–Kier alpha value is -1.54. The fraction of sp³-hybridized carbons (Fsp3) is 0.647. The molecule has 0 spiro atoms. The first-order chi connectivity index (χ1) is 10.4. The number of nitrogens with zero attached hydrogens (tertiary/aromatic N) is 1. The number of fused-ring (bicyclic) bond motifs is 1. The number of carbonyl (C=O) groups excluding carboxylic acids is 1. The summed E-state index contributed by atoms with van der Waals surface area (Å²) in [5.41, 5.74) is 2.06. The van der Waals surface area contributed by atoms with E-state index in [0.717, 1.165) is 31.2 Å². The summed E-state index contributed by atoms with van der Waals surface area (Å²) in [4.78, 5) is 12.9. The lowest BCUT2D eigenvalue weighted by atomic mass is 9.69. The predicted molar refractivity (Wildman–Crippen MR) is 89.3 cm³/mol. The number of amides is 1. The lowest BCUT2D eigenvalue weighted by Gasteiger charge is -2.36. The van der Waals surface area contributed by atoms with Crippen LogP contribution in [0.3, 0.4) is 0 Å². The molecule has 22 heavy (non-hydrogen) atoms. The quantitative estimate of drug-likeness (QED) is 0.872. The lowest BCUT2D eigenvalue weighted by molar-refractivity contribution is 0.168. The Morgan fingerprint density at radius 2 is 2.23 bits per heavy atom. The largest absolute Gasteiger partial charge is 0.450 e. The van der Waals surface area contributed by atoms with Gasteiger partial charge < -0.3 is 4.74 Å². The van der Waals surface area contributed by atoms with Gasteiger partial charge in [-0.1, -0.05) is 27.2 Å². The van der Waals surface area contributed by atoms with Crippen LogP contribution >= 0.6 is 11.3 Å². The van der Waals surface area contributed by atoms with Crippen LogP contribution < -0.4 is 5.32 Å². The number of hydrogen-bond donors (Lipinski definition) is 1. The van der Waals surface area contributed by atoms with Gasteiger partial charge in [0.1, 0.15) is 11.1 Å². The Morgan fingerprint density at radius 1 is 1.50 bits per heavy atom. The Kier molecular flexibility index (Phi) is 5.12. The van der Waals surface area contributed by atoms with Crippen LogP contribution in [0.25, 0.3) is 0 Å². The molecule has 1 heterocycles. The van der Waals surface area contributed by atoms with E-state index in [1.807, 2.05) is 0 Å². The standard InChI is InChI=1S/C17H24N2O2S/c1-5-17(3,4)11-7-8-12-13(10-18)15(22-14(12)9-11)19-16(20)21-6-2/h11H,5-9H2,1-4H3,(H,19,20)/t11-/m0/s1. The van der Waals surface area contributed by atoms with Crippen molar-refractivity contribution in [2.45, 2.75) is 53.4 Å². The molecule has 0 aromatic carbocycles. The van der Waals surface area contributed by atoms with E-state index in [-0.39, 0.29) is 0 Å². The zero-order valence-corrected chi connectivity index (χ0v) is 14.6. The number of nitriles is 1. The second kappa shape index (κ2) is 6.70. The lowest BCUT2D eigenvalue weighted by Crippen LogP contribution is -2.28. The fourth-order valence-corrected chi connectivity index (χ4v) is 4.27. The number of ether oxygens (including phenoxy) is 1. The Labute approximate surface area is 136 Å². The van der Waals surface area contributed by atoms with E-state index in [1.54, 1.807) is 6.92 Å². The van der Waals surface area contributed by atoms with Crippen molar-refractivity contribution in [2.24, 2.45) is 11.3 Å². The van der Waals surface area contributed by atoms with E-state index in [1.165, 1.54) is 16.2 Å². The molecule has 1 aliphatic rings. The molecule has 2 rings (SSSR count). The van der Waals surface area contributed by atoms with Gasteiger partial charge >= 0.3 is 6.09 Å². The van der Waals surface area contributed by atoms with Gasteiger partial charge in [0.2, 0.25) is 0 Å². The van der Waals surface area contributed by atoms with E-state index in [9.17, 15) is 10.1 Å². The molecule has 1 aliphatic carbocycles. The molecule has 1 amide bonds. The summed E-state index contributed by atoms with van der Waals surface area (Å²) < 4.78 is 4.92. The monoisotopic (exact) mass is 320 g/mol. The third kappa shape index (κ3) is 3.27. The van der Waals surface area contributed by atoms with Crippen LogP contribution in [0.2, 0.25) is 0 Å². The molecular weight excluding hydrogens is 296 g/mol. The molecule has 0 aliphatic heterocycles. The molecule has 1 aromatic heterocycles. The highest BCUT2D eigenvalue weighted by Gasteiger charge is 2.34. The number of anilines is 1. The van der Waals surface area contributed by atoms with Crippen molar-refractivity contribution >= 4 is 22.4 Å². The topological polar surface area (TPSA) is 62.1 Å². The smallest absolute Gasteiger partial charge is 0.412 e. The predicted octanol–water partition coefficient (Wildman–Crippen LogP) is 4.73. The normalized spacial score (nSPS) is 17.5. The molecule has 0 radical (unpaired) electrons. The number of nitrogens with one attached hydrogen (secondary N) is 1. The van der Waals surface area contributed by atoms with Gasteiger partial charge in [-0.2, -0.15) is 5.26 Å². The maximum Gasteiger partial charge on any atom is 0.412 e. The summed E-state index contributed by atoms with van der Waals surface area (Å²) >= 11 is 1.54. The summed E-state index contributed by atoms with van der Waals surface area (Å²) in [6.07, 6.45) is 3.70. The van der Waals surface area contributed by atoms with Crippen molar-refractivity contribution in [2.75, 3.05) is 11.9 Å². The van der Waals surface area contributed by atoms with Gasteiger partial charge in [0, 0.05) is 4.88 Å². The minimum absolute atomic E-state index is 0.309. The van der Waals surface area contributed by atoms with Crippen molar-refractivity contribution in [3.8, 4) is 6.07 Å². The van der Waals surface area contributed by atoms with E-state index < -0.39 is 6.09 Å². The molecule has 1 N–H and O–H groups in total. The maximum absolute atomic E-state index is 11.6. The second-order valence-electron chi connectivity index (χ2n) is 6.45. The number of rotatable bonds is 4. The third-order valence-corrected chi connectivity index (χ3v) is 6.05. The summed E-state index contributed by atoms with van der Waals surface area (Å²) in [7, 11) is 0. The second-order valence-corrected chi connectivity index (χ2v) is 7.55. The van der Waals surface area contributed by atoms with Crippen molar-refractivity contribution in [3.05, 3.63) is 16.0 Å². The summed E-state index contributed by atoms with van der Waals surface area (Å²) in [5, 5.41) is 12.8. The van der Waals surface area contributed by atoms with Crippen LogP contribution in [0, 0.1) is 22.7 Å². The molecule has 1 aromatic rings. The van der Waals surface area contributed by atoms with E-state index >= 15 is 0 Å². The van der Waals surface area contributed by atoms with Crippen LogP contribution in [-0.2, 0) is 17.6 Å². The van der Waals surface area contributed by atoms with Gasteiger partial charge in [0.25, 0.3) is 0 Å². The Bertz CT molecular complexity index is 599. The van der Waals surface area contributed by atoms with Gasteiger partial charge in [0.15, 0.2) is 0 Å². The first-order valence-electron chi connectivity index (χ1n) is 7.91. The van der Waals surface area contributed by atoms with Crippen LogP contribution in [-0.4, -0.2) is 12.7 Å². The summed E-state index contributed by atoms with van der Waals surface area (Å²) in [5.74, 6) is 0.630. The zero-order chi connectivity index (χ0) is 16.3. The highest BCUT2D eigenvalue weighted by atomic mass is 32.1. The maximum atomic E-state index is 11.6. The van der Waals surface area contributed by atoms with Gasteiger partial charge in [-0.3, -0.25) is 5.32 Å². The molecular formula is C17H24N2O2S. The average molecular weight is 320 g/mol. The number of hydrogen-bond acceptors (Lipinski definition) is 4. The molecule has 0 unspecified atom stereocenters. The zero-order valence-electron chi connectivity index (χ0n) is 13.8. The molecule has 5 heteroatoms. The van der Waals surface area contributed by atoms with Crippen LogP contribution in [0.5, 0.6) is 0 Å². The minimum Gasteiger partial charge on any atom is -0.450 e. The first kappa shape index (κ1) is 16.8. The highest BCUT2D eigenvalue weighted by molar-refractivity contribution is 7.16. The van der Waals surface area contributed by atoms with Crippen LogP contribution in [0.15, 0.2) is 0 Å². The number of thiophene rings is 1. The SMILES string of the molecule is CCOC(=O)Nc1sc2c(c1C#N)CC[C@H](C(C)(C)CC)C2. The van der Waals surface area contributed by atoms with Crippen molar-refractivity contribution in [1.29, 1.82) is 5.26 Å². The molecule has 0 bridgehead atoms. The van der Waals surface area contributed by atoms with E-state index in [2.05, 4.69) is 32.2 Å². The molecule has 120 valence electrons. The first-order valence-corrected chi connectivity index (χ1v) is 8.73. The summed E-state index contributed by atoms with van der Waals surface area (Å²) in [6, 6.07) is 2.26. The third-order valence-electron chi connectivity index (χ3n) is 4.88. The molecule has 4 nitrogen and oxygen atoms in total. The molecule has 1 atom stereocenters. The fourth-order valence-electron chi connectivity index (χ4n) is 3.01. The van der Waals surface area contributed by atoms with E-state index in [4.69, 9.17) is 4.74 Å². The highest BCUT2D eigenvalue weighted by Crippen LogP contribution is 2.45. The van der Waals surface area contributed by atoms with Gasteiger partial charge in [-0.15, -0.1) is 11.3 Å². The Morgan fingerprint density at radius 3 is 2.82 bits per heavy atom. The molecule has 0 saturated heterocycles. The van der Waals surface area contributed by atoms with Crippen molar-refractivity contribution < 1.29 is 9.53 Å². The molecule has 0 saturated carbocycles.